The van der Waals surface area contributed by atoms with Crippen LogP contribution in [0.4, 0.5) is 11.4 Å². The van der Waals surface area contributed by atoms with Gasteiger partial charge in [0.25, 0.3) is 5.56 Å². The Hall–Kier alpha value is -1.45. The highest BCUT2D eigenvalue weighted by atomic mass is 16.1. The van der Waals surface area contributed by atoms with E-state index in [4.69, 9.17) is 0 Å². The first-order chi connectivity index (χ1) is 7.86. The van der Waals surface area contributed by atoms with Crippen molar-refractivity contribution in [3.05, 3.63) is 22.1 Å². The molecule has 0 aliphatic carbocycles. The molecule has 0 unspecified atom stereocenters. The highest BCUT2D eigenvalue weighted by Crippen LogP contribution is 2.30. The normalized spacial score (nSPS) is 19.4. The highest BCUT2D eigenvalue weighted by Gasteiger charge is 2.22. The SMILES string of the molecule is O=c1[nH]cc2c(c1N1CCCCC1)NCC2. The van der Waals surface area contributed by atoms with E-state index in [0.29, 0.717) is 0 Å². The minimum atomic E-state index is 0.0510. The topological polar surface area (TPSA) is 48.1 Å². The molecule has 16 heavy (non-hydrogen) atoms. The van der Waals surface area contributed by atoms with Gasteiger partial charge in [0, 0.05) is 25.8 Å². The van der Waals surface area contributed by atoms with Crippen LogP contribution in [0.1, 0.15) is 24.8 Å². The lowest BCUT2D eigenvalue weighted by Crippen LogP contribution is -2.34. The first-order valence-electron chi connectivity index (χ1n) is 6.09. The molecule has 0 amide bonds. The van der Waals surface area contributed by atoms with E-state index in [1.165, 1.54) is 24.8 Å². The molecule has 1 aromatic rings. The fourth-order valence-electron chi connectivity index (χ4n) is 2.69. The maximum atomic E-state index is 11.9. The van der Waals surface area contributed by atoms with E-state index in [2.05, 4.69) is 15.2 Å². The van der Waals surface area contributed by atoms with Gasteiger partial charge >= 0.3 is 0 Å². The molecule has 86 valence electrons. The van der Waals surface area contributed by atoms with E-state index in [1.807, 2.05) is 6.20 Å². The number of nitrogens with one attached hydrogen (secondary N) is 2. The molecule has 1 saturated heterocycles. The molecule has 0 radical (unpaired) electrons. The molecule has 2 aliphatic rings. The predicted molar refractivity (Wildman–Crippen MR) is 65.3 cm³/mol. The average molecular weight is 219 g/mol. The third-order valence-electron chi connectivity index (χ3n) is 3.52. The van der Waals surface area contributed by atoms with Gasteiger partial charge in [-0.1, -0.05) is 0 Å². The van der Waals surface area contributed by atoms with Crippen LogP contribution in [-0.2, 0) is 6.42 Å². The van der Waals surface area contributed by atoms with Crippen LogP contribution in [0.3, 0.4) is 0 Å². The molecule has 4 nitrogen and oxygen atoms in total. The van der Waals surface area contributed by atoms with Gasteiger partial charge in [-0.2, -0.15) is 0 Å². The molecule has 0 saturated carbocycles. The number of hydrogen-bond acceptors (Lipinski definition) is 3. The lowest BCUT2D eigenvalue weighted by atomic mass is 10.1. The van der Waals surface area contributed by atoms with Gasteiger partial charge in [-0.25, -0.2) is 0 Å². The van der Waals surface area contributed by atoms with Crippen LogP contribution in [0.15, 0.2) is 11.0 Å². The van der Waals surface area contributed by atoms with Gasteiger partial charge in [0.1, 0.15) is 5.69 Å². The van der Waals surface area contributed by atoms with Crippen molar-refractivity contribution in [2.24, 2.45) is 0 Å². The van der Waals surface area contributed by atoms with Crippen molar-refractivity contribution in [2.45, 2.75) is 25.7 Å². The van der Waals surface area contributed by atoms with E-state index in [-0.39, 0.29) is 5.56 Å². The summed E-state index contributed by atoms with van der Waals surface area (Å²) >= 11 is 0. The smallest absolute Gasteiger partial charge is 0.273 e. The van der Waals surface area contributed by atoms with Crippen LogP contribution in [0.2, 0.25) is 0 Å². The van der Waals surface area contributed by atoms with E-state index in [1.54, 1.807) is 0 Å². The van der Waals surface area contributed by atoms with Crippen molar-refractivity contribution in [2.75, 3.05) is 29.9 Å². The fraction of sp³-hybridized carbons (Fsp3) is 0.583. The van der Waals surface area contributed by atoms with Crippen LogP contribution in [0.25, 0.3) is 0 Å². The number of aromatic amines is 1. The first-order valence-corrected chi connectivity index (χ1v) is 6.09. The summed E-state index contributed by atoms with van der Waals surface area (Å²) in [7, 11) is 0. The molecule has 1 fully saturated rings. The second-order valence-corrected chi connectivity index (χ2v) is 4.59. The Kier molecular flexibility index (Phi) is 2.35. The van der Waals surface area contributed by atoms with E-state index < -0.39 is 0 Å². The van der Waals surface area contributed by atoms with Crippen molar-refractivity contribution in [1.82, 2.24) is 4.98 Å². The summed E-state index contributed by atoms with van der Waals surface area (Å²) in [5.74, 6) is 0. The molecule has 0 atom stereocenters. The molecule has 0 bridgehead atoms. The molecule has 2 aliphatic heterocycles. The number of pyridine rings is 1. The Bertz CT molecular complexity index is 446. The van der Waals surface area contributed by atoms with Crippen molar-refractivity contribution >= 4 is 11.4 Å². The van der Waals surface area contributed by atoms with Gasteiger partial charge in [-0.15, -0.1) is 0 Å². The van der Waals surface area contributed by atoms with Crippen LogP contribution < -0.4 is 15.8 Å². The Morgan fingerprint density at radius 3 is 2.81 bits per heavy atom. The van der Waals surface area contributed by atoms with Gasteiger partial charge in [0.05, 0.1) is 5.69 Å². The molecule has 3 rings (SSSR count). The van der Waals surface area contributed by atoms with Gasteiger partial charge in [-0.05, 0) is 31.2 Å². The highest BCUT2D eigenvalue weighted by molar-refractivity contribution is 5.74. The molecule has 1 aromatic heterocycles. The maximum absolute atomic E-state index is 11.9. The first kappa shape index (κ1) is 9.75. The zero-order valence-electron chi connectivity index (χ0n) is 9.38. The van der Waals surface area contributed by atoms with E-state index in [0.717, 1.165) is 37.4 Å². The Labute approximate surface area is 94.7 Å². The number of H-pyrrole nitrogens is 1. The quantitative estimate of drug-likeness (QED) is 0.749. The van der Waals surface area contributed by atoms with Crippen molar-refractivity contribution < 1.29 is 0 Å². The van der Waals surface area contributed by atoms with Crippen molar-refractivity contribution in [3.8, 4) is 0 Å². The summed E-state index contributed by atoms with van der Waals surface area (Å²) in [5.41, 5.74) is 3.25. The summed E-state index contributed by atoms with van der Waals surface area (Å²) in [4.78, 5) is 17.0. The third kappa shape index (κ3) is 1.49. The number of aromatic nitrogens is 1. The molecule has 0 aromatic carbocycles. The number of piperidine rings is 1. The zero-order chi connectivity index (χ0) is 11.0. The summed E-state index contributed by atoms with van der Waals surface area (Å²) in [6, 6.07) is 0. The molecular weight excluding hydrogens is 202 g/mol. The molecule has 0 spiro atoms. The number of hydrogen-bond donors (Lipinski definition) is 2. The van der Waals surface area contributed by atoms with Crippen LogP contribution >= 0.6 is 0 Å². The van der Waals surface area contributed by atoms with Gasteiger partial charge < -0.3 is 15.2 Å². The monoisotopic (exact) mass is 219 g/mol. The predicted octanol–water partition coefficient (Wildman–Crippen LogP) is 1.33. The lowest BCUT2D eigenvalue weighted by molar-refractivity contribution is 0.576. The fourth-order valence-corrected chi connectivity index (χ4v) is 2.69. The van der Waals surface area contributed by atoms with E-state index >= 15 is 0 Å². The number of rotatable bonds is 1. The zero-order valence-corrected chi connectivity index (χ0v) is 9.38. The van der Waals surface area contributed by atoms with Gasteiger partial charge in [0.2, 0.25) is 0 Å². The number of anilines is 2. The summed E-state index contributed by atoms with van der Waals surface area (Å²) < 4.78 is 0. The molecule has 3 heterocycles. The number of nitrogens with zero attached hydrogens (tertiary/aromatic N) is 1. The third-order valence-corrected chi connectivity index (χ3v) is 3.52. The summed E-state index contributed by atoms with van der Waals surface area (Å²) in [5, 5.41) is 3.35. The van der Waals surface area contributed by atoms with Gasteiger partial charge in [-0.3, -0.25) is 4.79 Å². The Morgan fingerprint density at radius 2 is 2.00 bits per heavy atom. The van der Waals surface area contributed by atoms with Gasteiger partial charge in [0.15, 0.2) is 0 Å². The largest absolute Gasteiger partial charge is 0.383 e. The van der Waals surface area contributed by atoms with Crippen LogP contribution in [0, 0.1) is 0 Å². The summed E-state index contributed by atoms with van der Waals surface area (Å²) in [6.45, 7) is 2.98. The molecule has 2 N–H and O–H groups in total. The molecular formula is C12H17N3O. The van der Waals surface area contributed by atoms with E-state index in [9.17, 15) is 4.79 Å². The molecule has 4 heteroatoms. The standard InChI is InChI=1S/C12H17N3O/c16-12-11(15-6-2-1-3-7-15)10-9(8-14-12)4-5-13-10/h8,13H,1-7H2,(H,14,16). The number of fused-ring (bicyclic) bond motifs is 1. The second-order valence-electron chi connectivity index (χ2n) is 4.59. The maximum Gasteiger partial charge on any atom is 0.273 e. The summed E-state index contributed by atoms with van der Waals surface area (Å²) in [6.07, 6.45) is 6.56. The van der Waals surface area contributed by atoms with Crippen LogP contribution in [0.5, 0.6) is 0 Å². The Morgan fingerprint density at radius 1 is 1.19 bits per heavy atom. The van der Waals surface area contributed by atoms with Crippen molar-refractivity contribution in [1.29, 1.82) is 0 Å². The second kappa shape index (κ2) is 3.85. The average Bonchev–Trinajstić information content (AvgIpc) is 2.78. The van der Waals surface area contributed by atoms with Crippen molar-refractivity contribution in [3.63, 3.8) is 0 Å². The van der Waals surface area contributed by atoms with Crippen LogP contribution in [-0.4, -0.2) is 24.6 Å². The Balaban J connectivity index is 2.04. The lowest BCUT2D eigenvalue weighted by Gasteiger charge is -2.29. The minimum absolute atomic E-state index is 0.0510. The minimum Gasteiger partial charge on any atom is -0.383 e.